The number of amides is 8. The maximum Gasteiger partial charge on any atom is 0.490 e. The number of hydrogen-bond donors (Lipinski definition) is 5. The summed E-state index contributed by atoms with van der Waals surface area (Å²) < 4.78 is 60.0. The molecule has 11 rings (SSSR count). The fourth-order valence-corrected chi connectivity index (χ4v) is 10.8. The number of halogens is 3. The molecule has 2 aromatic heterocycles. The largest absolute Gasteiger partial charge is 0.497 e. The molecule has 6 heterocycles. The van der Waals surface area contributed by atoms with E-state index in [0.29, 0.717) is 98.4 Å². The van der Waals surface area contributed by atoms with Crippen molar-refractivity contribution in [1.29, 1.82) is 0 Å². The number of morpholine rings is 2. The predicted octanol–water partition coefficient (Wildman–Crippen LogP) is 9.83. The summed E-state index contributed by atoms with van der Waals surface area (Å²) in [5, 5.41) is 14.6. The van der Waals surface area contributed by atoms with Gasteiger partial charge in [-0.05, 0) is 66.2 Å². The molecule has 0 saturated carbocycles. The molecular weight excluding hydrogens is 1170 g/mol. The van der Waals surface area contributed by atoms with Crippen LogP contribution in [0, 0.1) is 10.8 Å². The Hall–Kier alpha value is -10.2. The van der Waals surface area contributed by atoms with Gasteiger partial charge in [0.2, 0.25) is 23.6 Å². The molecule has 21 nitrogen and oxygen atoms in total. The van der Waals surface area contributed by atoms with Crippen LogP contribution in [0.4, 0.5) is 22.8 Å². The second-order valence-corrected chi connectivity index (χ2v) is 22.3. The van der Waals surface area contributed by atoms with Crippen LogP contribution in [0.15, 0.2) is 146 Å². The van der Waals surface area contributed by atoms with E-state index in [4.69, 9.17) is 49.3 Å². The Morgan fingerprint density at radius 2 is 0.967 bits per heavy atom. The van der Waals surface area contributed by atoms with Crippen LogP contribution in [-0.2, 0) is 30.4 Å². The number of alkyl halides is 3. The average Bonchev–Trinajstić information content (AvgIpc) is 0.754. The quantitative estimate of drug-likeness (QED) is 0.0806. The van der Waals surface area contributed by atoms with Gasteiger partial charge < -0.3 is 49.6 Å². The van der Waals surface area contributed by atoms with Crippen molar-refractivity contribution in [3.63, 3.8) is 0 Å². The molecule has 8 amide bonds. The Morgan fingerprint density at radius 1 is 0.567 bits per heavy atom. The summed E-state index contributed by atoms with van der Waals surface area (Å²) in [5.41, 5.74) is 11.3. The summed E-state index contributed by atoms with van der Waals surface area (Å²) >= 11 is 0. The fourth-order valence-electron chi connectivity index (χ4n) is 10.8. The lowest BCUT2D eigenvalue weighted by molar-refractivity contribution is -0.192. The monoisotopic (exact) mass is 1230 g/mol. The van der Waals surface area contributed by atoms with Crippen molar-refractivity contribution in [2.45, 2.75) is 52.3 Å². The highest BCUT2D eigenvalue weighted by molar-refractivity contribution is 5.99. The molecule has 0 aliphatic carbocycles. The van der Waals surface area contributed by atoms with Crippen molar-refractivity contribution in [3.05, 3.63) is 185 Å². The van der Waals surface area contributed by atoms with E-state index < -0.39 is 58.7 Å². The highest BCUT2D eigenvalue weighted by Gasteiger charge is 2.46. The number of primary amides is 1. The molecular formula is C66H65F3N8O13. The molecule has 0 bridgehead atoms. The Morgan fingerprint density at radius 3 is 1.36 bits per heavy atom. The topological polar surface area (TPSA) is 280 Å². The maximum atomic E-state index is 13.7. The van der Waals surface area contributed by atoms with Crippen LogP contribution < -0.4 is 35.9 Å². The summed E-state index contributed by atoms with van der Waals surface area (Å²) in [6, 6.07) is 43.1. The van der Waals surface area contributed by atoms with E-state index >= 15 is 0 Å². The number of hydrogen-bond acceptors (Lipinski definition) is 14. The van der Waals surface area contributed by atoms with Gasteiger partial charge in [-0.25, -0.2) is 24.4 Å². The normalized spacial score (nSPS) is 15.7. The highest BCUT2D eigenvalue weighted by Crippen LogP contribution is 2.53. The third kappa shape index (κ3) is 14.7. The maximum absolute atomic E-state index is 13.7. The fraction of sp³-hybridized carbons (Fsp3) is 0.288. The third-order valence-corrected chi connectivity index (χ3v) is 15.7. The van der Waals surface area contributed by atoms with Crippen molar-refractivity contribution < 1.29 is 75.5 Å². The smallest absolute Gasteiger partial charge is 0.490 e. The van der Waals surface area contributed by atoms with Gasteiger partial charge in [-0.15, -0.1) is 0 Å². The minimum absolute atomic E-state index is 0.0208. The lowest BCUT2D eigenvalue weighted by Gasteiger charge is -2.37. The minimum Gasteiger partial charge on any atom is -0.497 e. The number of nitrogens with one attached hydrogen (secondary N) is 3. The molecule has 90 heavy (non-hydrogen) atoms. The number of fused-ring (bicyclic) bond motifs is 4. The number of urea groups is 2. The standard InChI is InChI=1S/C36H36N4O6.C28H28N4O5.C2HF3O2/c1-36(2,34(42)39-35(43)37-22-23-8-14-26(44-3)15-9-23)31-27-6-4-5-7-30(27)46-32-28(31)16-17-29(38-32)24-10-12-25(13-11-24)33(41)40-18-20-45-21-19-40;1-28(2,26(34)31-27(29)35)23-19-5-3-4-6-22(19)37-24-20(23)11-12-21(30-24)17-7-9-18(10-8-17)25(33)32-13-15-36-16-14-32;3-2(4,5)1(6)7/h4-17,31H,18-22H2,1-3H3,(H2,37,39,42,43);3-12,23H,13-16H2,1-2H3,(H3,29,31,34,35);(H,6,7)/t31-;23-;/m00./s1. The summed E-state index contributed by atoms with van der Waals surface area (Å²) in [6.45, 7) is 11.9. The number of carboxylic acids is 1. The number of imide groups is 2. The van der Waals surface area contributed by atoms with Crippen LogP contribution in [0.2, 0.25) is 0 Å². The van der Waals surface area contributed by atoms with Crippen molar-refractivity contribution >= 4 is 41.7 Å². The number of rotatable bonds is 11. The summed E-state index contributed by atoms with van der Waals surface area (Å²) in [4.78, 5) is 98.7. The third-order valence-electron chi connectivity index (χ3n) is 15.7. The van der Waals surface area contributed by atoms with Crippen molar-refractivity contribution in [2.75, 3.05) is 59.7 Å². The molecule has 2 atom stereocenters. The molecule has 0 unspecified atom stereocenters. The first kappa shape index (κ1) is 64.3. The number of methoxy groups -OCH3 is 1. The molecule has 24 heteroatoms. The molecule has 4 aliphatic heterocycles. The van der Waals surface area contributed by atoms with Crippen LogP contribution in [0.5, 0.6) is 29.0 Å². The predicted molar refractivity (Wildman–Crippen MR) is 322 cm³/mol. The molecule has 6 N–H and O–H groups in total. The number of nitrogens with zero attached hydrogens (tertiary/aromatic N) is 4. The number of benzene rings is 5. The van der Waals surface area contributed by atoms with Crippen LogP contribution in [0.1, 0.15) is 88.1 Å². The Kier molecular flexibility index (Phi) is 19.6. The molecule has 0 radical (unpaired) electrons. The summed E-state index contributed by atoms with van der Waals surface area (Å²) in [7, 11) is 1.59. The number of nitrogens with two attached hydrogens (primary N) is 1. The number of carbonyl (C=O) groups is 7. The second kappa shape index (κ2) is 27.5. The van der Waals surface area contributed by atoms with Crippen LogP contribution >= 0.6 is 0 Å². The number of pyridine rings is 2. The van der Waals surface area contributed by atoms with Gasteiger partial charge in [-0.1, -0.05) is 113 Å². The molecule has 0 spiro atoms. The van der Waals surface area contributed by atoms with Gasteiger partial charge in [0.25, 0.3) is 11.8 Å². The SMILES string of the molecule is CC(C)(C(=O)NC(N)=O)[C@H]1c2ccccc2Oc2nc(-c3ccc(C(=O)N4CCOCC4)cc3)ccc21.COc1ccc(CNC(=O)NC(=O)C(C)(C)[C@H]2c3ccccc3Oc3nc(-c4ccc(C(=O)N5CCOCC5)cc4)ccc32)cc1.O=C(O)C(F)(F)F. The molecule has 5 aromatic carbocycles. The Labute approximate surface area is 515 Å². The Balaban J connectivity index is 0.000000196. The van der Waals surface area contributed by atoms with E-state index in [1.165, 1.54) is 0 Å². The number of aromatic nitrogens is 2. The molecule has 2 fully saturated rings. The van der Waals surface area contributed by atoms with E-state index in [-0.39, 0.29) is 18.4 Å². The van der Waals surface area contributed by atoms with Crippen molar-refractivity contribution in [2.24, 2.45) is 16.6 Å². The Bertz CT molecular complexity index is 3810. The van der Waals surface area contributed by atoms with Crippen molar-refractivity contribution in [1.82, 2.24) is 35.7 Å². The summed E-state index contributed by atoms with van der Waals surface area (Å²) in [6.07, 6.45) is -5.08. The van der Waals surface area contributed by atoms with Crippen molar-refractivity contribution in [3.8, 4) is 51.5 Å². The van der Waals surface area contributed by atoms with Gasteiger partial charge in [0.15, 0.2) is 0 Å². The lowest BCUT2D eigenvalue weighted by atomic mass is 9.69. The van der Waals surface area contributed by atoms with E-state index in [1.807, 2.05) is 135 Å². The van der Waals surface area contributed by atoms with Gasteiger partial charge >= 0.3 is 24.2 Å². The van der Waals surface area contributed by atoms with Gasteiger partial charge in [-0.3, -0.25) is 29.8 Å². The molecule has 7 aromatic rings. The molecule has 2 saturated heterocycles. The molecule has 468 valence electrons. The van der Waals surface area contributed by atoms with Crippen LogP contribution in [0.3, 0.4) is 0 Å². The minimum atomic E-state index is -5.08. The number of aliphatic carboxylic acids is 1. The lowest BCUT2D eigenvalue weighted by Crippen LogP contribution is -2.48. The van der Waals surface area contributed by atoms with E-state index in [2.05, 4.69) is 16.0 Å². The van der Waals surface area contributed by atoms with E-state index in [9.17, 15) is 41.9 Å². The first-order valence-corrected chi connectivity index (χ1v) is 28.6. The zero-order chi connectivity index (χ0) is 64.5. The zero-order valence-corrected chi connectivity index (χ0v) is 49.7. The van der Waals surface area contributed by atoms with Gasteiger partial charge in [0.05, 0.1) is 55.8 Å². The highest BCUT2D eigenvalue weighted by atomic mass is 19.4. The average molecular weight is 1240 g/mol. The second-order valence-electron chi connectivity index (χ2n) is 22.3. The first-order valence-electron chi connectivity index (χ1n) is 28.6. The van der Waals surface area contributed by atoms with Crippen LogP contribution in [-0.4, -0.2) is 132 Å². The number of ether oxygens (including phenoxy) is 5. The van der Waals surface area contributed by atoms with Gasteiger partial charge in [0, 0.05) is 89.1 Å². The number of carbonyl (C=O) groups excluding carboxylic acids is 6. The number of carboxylic acid groups (broad SMARTS) is 1. The summed E-state index contributed by atoms with van der Waals surface area (Å²) in [5.74, 6) is -1.91. The zero-order valence-electron chi connectivity index (χ0n) is 49.7. The van der Waals surface area contributed by atoms with E-state index in [0.717, 1.165) is 44.7 Å². The van der Waals surface area contributed by atoms with Gasteiger partial charge in [-0.2, -0.15) is 13.2 Å². The molecule has 4 aliphatic rings. The first-order chi connectivity index (χ1) is 42.9. The number of para-hydroxylation sites is 2. The van der Waals surface area contributed by atoms with Gasteiger partial charge in [0.1, 0.15) is 17.2 Å². The van der Waals surface area contributed by atoms with Crippen LogP contribution in [0.25, 0.3) is 22.5 Å². The van der Waals surface area contributed by atoms with E-state index in [1.54, 1.807) is 55.0 Å².